The minimum Gasteiger partial charge on any atom is -0.494 e. The van der Waals surface area contributed by atoms with Crippen LogP contribution in [0.1, 0.15) is 33.3 Å². The minimum absolute atomic E-state index is 0.0422. The number of ether oxygens (including phenoxy) is 2. The molecular weight excluding hydrogens is 294 g/mol. The molecule has 0 bridgehead atoms. The first-order chi connectivity index (χ1) is 10.9. The zero-order valence-electron chi connectivity index (χ0n) is 14.2. The van der Waals surface area contributed by atoms with Crippen molar-refractivity contribution < 1.29 is 19.1 Å². The molecule has 5 heteroatoms. The zero-order valence-corrected chi connectivity index (χ0v) is 14.2. The van der Waals surface area contributed by atoms with E-state index in [2.05, 4.69) is 5.32 Å². The van der Waals surface area contributed by atoms with Crippen molar-refractivity contribution in [3.63, 3.8) is 0 Å². The minimum atomic E-state index is -0.550. The molecule has 23 heavy (non-hydrogen) atoms. The van der Waals surface area contributed by atoms with E-state index in [4.69, 9.17) is 9.47 Å². The quantitative estimate of drug-likeness (QED) is 0.591. The van der Waals surface area contributed by atoms with Gasteiger partial charge >= 0.3 is 5.97 Å². The van der Waals surface area contributed by atoms with Crippen molar-refractivity contribution in [1.29, 1.82) is 0 Å². The summed E-state index contributed by atoms with van der Waals surface area (Å²) < 4.78 is 10.2. The molecule has 0 aliphatic rings. The van der Waals surface area contributed by atoms with Crippen LogP contribution in [0.25, 0.3) is 6.08 Å². The Hall–Kier alpha value is -2.30. The van der Waals surface area contributed by atoms with E-state index >= 15 is 0 Å². The summed E-state index contributed by atoms with van der Waals surface area (Å²) in [7, 11) is 0. The fourth-order valence-electron chi connectivity index (χ4n) is 1.65. The molecule has 1 rings (SSSR count). The summed E-state index contributed by atoms with van der Waals surface area (Å²) >= 11 is 0. The van der Waals surface area contributed by atoms with Gasteiger partial charge in [-0.05, 0) is 43.5 Å². The fourth-order valence-corrected chi connectivity index (χ4v) is 1.65. The number of carbonyl (C=O) groups is 2. The van der Waals surface area contributed by atoms with E-state index in [0.717, 1.165) is 11.3 Å². The van der Waals surface area contributed by atoms with Crippen LogP contribution in [-0.2, 0) is 14.3 Å². The molecule has 5 nitrogen and oxygen atoms in total. The highest BCUT2D eigenvalue weighted by atomic mass is 16.5. The van der Waals surface area contributed by atoms with Gasteiger partial charge in [0.15, 0.2) is 6.61 Å². The summed E-state index contributed by atoms with van der Waals surface area (Å²) in [5, 5.41) is 2.77. The average molecular weight is 319 g/mol. The van der Waals surface area contributed by atoms with Crippen LogP contribution in [0, 0.1) is 5.92 Å². The first kappa shape index (κ1) is 18.7. The summed E-state index contributed by atoms with van der Waals surface area (Å²) in [5.74, 6) is 0.262. The molecule has 0 fully saturated rings. The third kappa shape index (κ3) is 7.49. The van der Waals surface area contributed by atoms with Crippen molar-refractivity contribution >= 4 is 18.0 Å². The van der Waals surface area contributed by atoms with Gasteiger partial charge in [-0.15, -0.1) is 0 Å². The third-order valence-electron chi connectivity index (χ3n) is 3.34. The first-order valence-corrected chi connectivity index (χ1v) is 7.79. The number of hydrogen-bond donors (Lipinski definition) is 1. The summed E-state index contributed by atoms with van der Waals surface area (Å²) in [5.41, 5.74) is 0.850. The lowest BCUT2D eigenvalue weighted by atomic mass is 10.1. The molecule has 0 heterocycles. The maximum Gasteiger partial charge on any atom is 0.331 e. The van der Waals surface area contributed by atoms with Crippen LogP contribution in [0.15, 0.2) is 30.3 Å². The summed E-state index contributed by atoms with van der Waals surface area (Å²) in [6.07, 6.45) is 2.93. The summed E-state index contributed by atoms with van der Waals surface area (Å²) in [4.78, 5) is 23.2. The Labute approximate surface area is 137 Å². The number of amides is 1. The lowest BCUT2D eigenvalue weighted by molar-refractivity contribution is -0.144. The van der Waals surface area contributed by atoms with Crippen LogP contribution in [-0.4, -0.2) is 31.1 Å². The van der Waals surface area contributed by atoms with E-state index in [9.17, 15) is 9.59 Å². The monoisotopic (exact) mass is 319 g/mol. The highest BCUT2D eigenvalue weighted by Gasteiger charge is 2.11. The van der Waals surface area contributed by atoms with Crippen molar-refractivity contribution in [1.82, 2.24) is 5.32 Å². The maximum atomic E-state index is 11.6. The normalized spacial score (nSPS) is 12.2. The Balaban J connectivity index is 2.39. The second kappa shape index (κ2) is 9.66. The molecule has 1 amide bonds. The molecular formula is C18H25NO4. The van der Waals surface area contributed by atoms with Crippen LogP contribution < -0.4 is 10.1 Å². The molecule has 1 N–H and O–H groups in total. The van der Waals surface area contributed by atoms with Crippen LogP contribution in [0.2, 0.25) is 0 Å². The van der Waals surface area contributed by atoms with Crippen molar-refractivity contribution in [2.45, 2.75) is 33.7 Å². The number of esters is 1. The van der Waals surface area contributed by atoms with Gasteiger partial charge in [0.05, 0.1) is 6.61 Å². The Morgan fingerprint density at radius 3 is 2.39 bits per heavy atom. The van der Waals surface area contributed by atoms with Gasteiger partial charge in [0.1, 0.15) is 5.75 Å². The molecule has 1 aromatic rings. The van der Waals surface area contributed by atoms with E-state index in [-0.39, 0.29) is 18.6 Å². The highest BCUT2D eigenvalue weighted by molar-refractivity contribution is 5.89. The molecule has 1 atom stereocenters. The Morgan fingerprint density at radius 1 is 1.17 bits per heavy atom. The molecule has 0 spiro atoms. The maximum absolute atomic E-state index is 11.6. The number of benzene rings is 1. The van der Waals surface area contributed by atoms with Crippen molar-refractivity contribution in [3.8, 4) is 5.75 Å². The molecule has 1 aromatic carbocycles. The second-order valence-corrected chi connectivity index (χ2v) is 5.54. The lowest BCUT2D eigenvalue weighted by Gasteiger charge is -2.16. The standard InChI is InChI=1S/C18H25NO4/c1-5-22-16-9-6-15(7-10-16)8-11-18(21)23-12-17(20)19-14(4)13(2)3/h6-11,13-14H,5,12H2,1-4H3,(H,19,20)/b11-8+/t14-/m0/s1. The van der Waals surface area contributed by atoms with Gasteiger partial charge in [0.25, 0.3) is 5.91 Å². The molecule has 0 aliphatic carbocycles. The first-order valence-electron chi connectivity index (χ1n) is 7.79. The number of carbonyl (C=O) groups excluding carboxylic acids is 2. The van der Waals surface area contributed by atoms with E-state index in [0.29, 0.717) is 12.5 Å². The highest BCUT2D eigenvalue weighted by Crippen LogP contribution is 2.13. The molecule has 0 saturated carbocycles. The van der Waals surface area contributed by atoms with Crippen LogP contribution in [0.5, 0.6) is 5.75 Å². The SMILES string of the molecule is CCOc1ccc(/C=C/C(=O)OCC(=O)N[C@@H](C)C(C)C)cc1. The molecule has 0 radical (unpaired) electrons. The number of hydrogen-bond acceptors (Lipinski definition) is 4. The summed E-state index contributed by atoms with van der Waals surface area (Å²) in [6.45, 7) is 8.19. The fraction of sp³-hybridized carbons (Fsp3) is 0.444. The van der Waals surface area contributed by atoms with Crippen LogP contribution in [0.4, 0.5) is 0 Å². The predicted octanol–water partition coefficient (Wildman–Crippen LogP) is 2.80. The Bertz CT molecular complexity index is 534. The topological polar surface area (TPSA) is 64.6 Å². The molecule has 0 saturated heterocycles. The number of nitrogens with one attached hydrogen (secondary N) is 1. The zero-order chi connectivity index (χ0) is 17.2. The lowest BCUT2D eigenvalue weighted by Crippen LogP contribution is -2.38. The van der Waals surface area contributed by atoms with Gasteiger partial charge in [-0.25, -0.2) is 4.79 Å². The van der Waals surface area contributed by atoms with Crippen molar-refractivity contribution in [3.05, 3.63) is 35.9 Å². The van der Waals surface area contributed by atoms with Gasteiger partial charge in [0, 0.05) is 12.1 Å². The van der Waals surface area contributed by atoms with Gasteiger partial charge in [-0.1, -0.05) is 26.0 Å². The van der Waals surface area contributed by atoms with E-state index in [1.54, 1.807) is 6.08 Å². The summed E-state index contributed by atoms with van der Waals surface area (Å²) in [6, 6.07) is 7.38. The molecule has 0 aromatic heterocycles. The van der Waals surface area contributed by atoms with Gasteiger partial charge in [-0.3, -0.25) is 4.79 Å². The predicted molar refractivity (Wildman–Crippen MR) is 90.0 cm³/mol. The largest absolute Gasteiger partial charge is 0.494 e. The average Bonchev–Trinajstić information content (AvgIpc) is 2.52. The van der Waals surface area contributed by atoms with E-state index in [1.165, 1.54) is 6.08 Å². The Morgan fingerprint density at radius 2 is 1.83 bits per heavy atom. The third-order valence-corrected chi connectivity index (χ3v) is 3.34. The molecule has 0 unspecified atom stereocenters. The van der Waals surface area contributed by atoms with E-state index in [1.807, 2.05) is 52.0 Å². The van der Waals surface area contributed by atoms with Gasteiger partial charge in [-0.2, -0.15) is 0 Å². The second-order valence-electron chi connectivity index (χ2n) is 5.54. The smallest absolute Gasteiger partial charge is 0.331 e. The molecule has 126 valence electrons. The van der Waals surface area contributed by atoms with Crippen molar-refractivity contribution in [2.75, 3.05) is 13.2 Å². The molecule has 0 aliphatic heterocycles. The van der Waals surface area contributed by atoms with Gasteiger partial charge < -0.3 is 14.8 Å². The van der Waals surface area contributed by atoms with E-state index < -0.39 is 5.97 Å². The van der Waals surface area contributed by atoms with Crippen LogP contribution in [0.3, 0.4) is 0 Å². The van der Waals surface area contributed by atoms with Crippen molar-refractivity contribution in [2.24, 2.45) is 5.92 Å². The van der Waals surface area contributed by atoms with Gasteiger partial charge in [0.2, 0.25) is 0 Å². The number of rotatable bonds is 8. The Kier molecular flexibility index (Phi) is 7.88. The van der Waals surface area contributed by atoms with Crippen LogP contribution >= 0.6 is 0 Å².